The lowest BCUT2D eigenvalue weighted by Gasteiger charge is -2.62. The van der Waals surface area contributed by atoms with Crippen LogP contribution in [0.2, 0.25) is 0 Å². The zero-order valence-electron chi connectivity index (χ0n) is 22.8. The normalized spacial score (nSPS) is 43.2. The van der Waals surface area contributed by atoms with Crippen molar-refractivity contribution in [3.63, 3.8) is 0 Å². The number of fused-ring (bicyclic) bond motifs is 5. The van der Waals surface area contributed by atoms with Crippen LogP contribution in [0, 0.1) is 46.3 Å². The highest BCUT2D eigenvalue weighted by atomic mass is 19.4. The van der Waals surface area contributed by atoms with Crippen LogP contribution >= 0.6 is 0 Å². The van der Waals surface area contributed by atoms with Gasteiger partial charge in [0.1, 0.15) is 6.10 Å². The Kier molecular flexibility index (Phi) is 7.77. The molecule has 4 fully saturated rings. The molecular weight excluding hydrogens is 485 g/mol. The predicted octanol–water partition coefficient (Wildman–Crippen LogP) is 6.76. The van der Waals surface area contributed by atoms with E-state index in [9.17, 15) is 27.9 Å². The summed E-state index contributed by atoms with van der Waals surface area (Å²) in [5.74, 6) is 0.677. The molecule has 37 heavy (non-hydrogen) atoms. The van der Waals surface area contributed by atoms with E-state index in [4.69, 9.17) is 9.84 Å². The molecule has 0 saturated heterocycles. The van der Waals surface area contributed by atoms with Crippen LogP contribution in [0.4, 0.5) is 13.2 Å². The van der Waals surface area contributed by atoms with Gasteiger partial charge >= 0.3 is 18.1 Å². The smallest absolute Gasteiger partial charge is 0.417 e. The molecule has 4 rings (SSSR count). The van der Waals surface area contributed by atoms with E-state index in [1.54, 1.807) is 0 Å². The second-order valence-electron chi connectivity index (χ2n) is 13.4. The summed E-state index contributed by atoms with van der Waals surface area (Å²) in [6.07, 6.45) is 1.55. The van der Waals surface area contributed by atoms with E-state index in [1.807, 2.05) is 6.92 Å². The Balaban J connectivity index is 1.42. The third-order valence-corrected chi connectivity index (χ3v) is 11.8. The van der Waals surface area contributed by atoms with Gasteiger partial charge in [-0.1, -0.05) is 20.8 Å². The molecule has 212 valence electrons. The monoisotopic (exact) mass is 530 g/mol. The number of ether oxygens (including phenoxy) is 1. The Morgan fingerprint density at radius 1 is 0.946 bits per heavy atom. The Morgan fingerprint density at radius 2 is 1.62 bits per heavy atom. The molecule has 0 heterocycles. The molecule has 0 amide bonds. The SMILES string of the molecule is C[C@@H]([C@H]1CC[C@H]2[C@@H]3CC[C@@H]4C[C@@](O)(C(F)(F)F)CC[C@]4(C)[C@H]3CC[C@]12C)[C@@H](C)OC(=O)CCCC(=O)O. The van der Waals surface area contributed by atoms with Gasteiger partial charge in [0.25, 0.3) is 0 Å². The third kappa shape index (κ3) is 5.05. The van der Waals surface area contributed by atoms with Gasteiger partial charge in [0.15, 0.2) is 5.60 Å². The van der Waals surface area contributed by atoms with Crippen LogP contribution in [0.1, 0.15) is 105 Å². The number of rotatable bonds is 7. The molecule has 5 nitrogen and oxygen atoms in total. The van der Waals surface area contributed by atoms with Gasteiger partial charge in [0.2, 0.25) is 0 Å². The Morgan fingerprint density at radius 3 is 2.27 bits per heavy atom. The van der Waals surface area contributed by atoms with Crippen molar-refractivity contribution in [3.05, 3.63) is 0 Å². The van der Waals surface area contributed by atoms with Gasteiger partial charge in [-0.3, -0.25) is 9.59 Å². The number of hydrogen-bond donors (Lipinski definition) is 2. The van der Waals surface area contributed by atoms with Crippen molar-refractivity contribution in [1.29, 1.82) is 0 Å². The minimum atomic E-state index is -4.57. The lowest BCUT2D eigenvalue weighted by atomic mass is 9.43. The van der Waals surface area contributed by atoms with Gasteiger partial charge in [-0.2, -0.15) is 13.2 Å². The first kappa shape index (κ1) is 28.7. The quantitative estimate of drug-likeness (QED) is 0.355. The van der Waals surface area contributed by atoms with Crippen molar-refractivity contribution in [2.24, 2.45) is 46.3 Å². The molecule has 8 heteroatoms. The Labute approximate surface area is 218 Å². The van der Waals surface area contributed by atoms with E-state index in [0.29, 0.717) is 30.1 Å². The average molecular weight is 531 g/mol. The van der Waals surface area contributed by atoms with Crippen LogP contribution in [0.5, 0.6) is 0 Å². The van der Waals surface area contributed by atoms with Crippen LogP contribution in [0.25, 0.3) is 0 Å². The van der Waals surface area contributed by atoms with E-state index in [1.165, 1.54) is 0 Å². The molecule has 0 unspecified atom stereocenters. The number of hydrogen-bond acceptors (Lipinski definition) is 4. The third-order valence-electron chi connectivity index (χ3n) is 11.8. The summed E-state index contributed by atoms with van der Waals surface area (Å²) in [7, 11) is 0. The van der Waals surface area contributed by atoms with E-state index in [2.05, 4.69) is 20.8 Å². The maximum absolute atomic E-state index is 13.6. The number of carboxylic acids is 1. The van der Waals surface area contributed by atoms with E-state index < -0.39 is 17.7 Å². The van der Waals surface area contributed by atoms with E-state index >= 15 is 0 Å². The van der Waals surface area contributed by atoms with Crippen LogP contribution in [-0.4, -0.2) is 40.0 Å². The summed E-state index contributed by atoms with van der Waals surface area (Å²) in [4.78, 5) is 23.0. The average Bonchev–Trinajstić information content (AvgIpc) is 3.15. The number of esters is 1. The lowest BCUT2D eigenvalue weighted by molar-refractivity contribution is -0.290. The summed E-state index contributed by atoms with van der Waals surface area (Å²) in [6.45, 7) is 8.70. The summed E-state index contributed by atoms with van der Waals surface area (Å²) in [5, 5.41) is 19.2. The summed E-state index contributed by atoms with van der Waals surface area (Å²) < 4.78 is 46.6. The van der Waals surface area contributed by atoms with Gasteiger partial charge < -0.3 is 14.9 Å². The molecule has 0 aromatic heterocycles. The zero-order chi connectivity index (χ0) is 27.4. The molecule has 4 aliphatic carbocycles. The van der Waals surface area contributed by atoms with Crippen LogP contribution in [-0.2, 0) is 14.3 Å². The predicted molar refractivity (Wildman–Crippen MR) is 132 cm³/mol. The lowest BCUT2D eigenvalue weighted by Crippen LogP contribution is -2.59. The van der Waals surface area contributed by atoms with Crippen molar-refractivity contribution >= 4 is 11.9 Å². The van der Waals surface area contributed by atoms with E-state index in [0.717, 1.165) is 38.5 Å². The maximum atomic E-state index is 13.6. The fourth-order valence-electron chi connectivity index (χ4n) is 9.49. The molecule has 2 N–H and O–H groups in total. The fraction of sp³-hybridized carbons (Fsp3) is 0.931. The highest BCUT2D eigenvalue weighted by molar-refractivity contribution is 5.71. The highest BCUT2D eigenvalue weighted by Crippen LogP contribution is 2.69. The van der Waals surface area contributed by atoms with Crippen LogP contribution in [0.15, 0.2) is 0 Å². The van der Waals surface area contributed by atoms with Crippen molar-refractivity contribution in [3.8, 4) is 0 Å². The second-order valence-corrected chi connectivity index (χ2v) is 13.4. The van der Waals surface area contributed by atoms with Crippen molar-refractivity contribution in [2.75, 3.05) is 0 Å². The standard InChI is InChI=1S/C29H45F3O5/c1-17(18(2)37-25(35)7-5-6-24(33)34)21-10-11-22-20-9-8-19-16-28(36,29(30,31)32)15-14-26(19,3)23(20)12-13-27(21,22)4/h17-23,36H,5-16H2,1-4H3,(H,33,34)/t17-,18-,19-,20+,21-,22+,23+,26+,27-,28-/m1/s1. The topological polar surface area (TPSA) is 83.8 Å². The van der Waals surface area contributed by atoms with Gasteiger partial charge in [-0.05, 0) is 117 Å². The zero-order valence-corrected chi connectivity index (χ0v) is 22.8. The van der Waals surface area contributed by atoms with Gasteiger partial charge in [-0.15, -0.1) is 0 Å². The summed E-state index contributed by atoms with van der Waals surface area (Å²) in [5.41, 5.74) is -2.57. The van der Waals surface area contributed by atoms with Gasteiger partial charge in [0, 0.05) is 12.8 Å². The maximum Gasteiger partial charge on any atom is 0.417 e. The van der Waals surface area contributed by atoms with Crippen LogP contribution in [0.3, 0.4) is 0 Å². The number of aliphatic carboxylic acids is 1. The van der Waals surface area contributed by atoms with E-state index in [-0.39, 0.29) is 66.8 Å². The van der Waals surface area contributed by atoms with Crippen molar-refractivity contribution in [2.45, 2.75) is 123 Å². The molecule has 0 spiro atoms. The number of carboxylic acid groups (broad SMARTS) is 1. The van der Waals surface area contributed by atoms with Gasteiger partial charge in [0.05, 0.1) is 0 Å². The Hall–Kier alpha value is -1.31. The first-order valence-corrected chi connectivity index (χ1v) is 14.3. The molecular formula is C29H45F3O5. The largest absolute Gasteiger partial charge is 0.481 e. The molecule has 4 aliphatic rings. The number of aliphatic hydroxyl groups is 1. The molecule has 0 bridgehead atoms. The molecule has 0 aliphatic heterocycles. The van der Waals surface area contributed by atoms with Crippen LogP contribution < -0.4 is 0 Å². The Bertz CT molecular complexity index is 876. The molecule has 4 saturated carbocycles. The number of alkyl halides is 3. The number of carbonyl (C=O) groups excluding carboxylic acids is 1. The first-order chi connectivity index (χ1) is 17.1. The fourth-order valence-corrected chi connectivity index (χ4v) is 9.49. The number of carbonyl (C=O) groups is 2. The molecule has 10 atom stereocenters. The molecule has 0 aromatic rings. The molecule has 0 aromatic carbocycles. The van der Waals surface area contributed by atoms with Crippen molar-refractivity contribution in [1.82, 2.24) is 0 Å². The summed E-state index contributed by atoms with van der Waals surface area (Å²) in [6, 6.07) is 0. The molecule has 0 radical (unpaired) electrons. The minimum absolute atomic E-state index is 0.0424. The second kappa shape index (κ2) is 10.0. The van der Waals surface area contributed by atoms with Crippen molar-refractivity contribution < 1.29 is 37.7 Å². The minimum Gasteiger partial charge on any atom is -0.481 e. The highest BCUT2D eigenvalue weighted by Gasteiger charge is 2.65. The van der Waals surface area contributed by atoms with Gasteiger partial charge in [-0.25, -0.2) is 0 Å². The summed E-state index contributed by atoms with van der Waals surface area (Å²) >= 11 is 0. The number of halogens is 3. The first-order valence-electron chi connectivity index (χ1n) is 14.3.